The van der Waals surface area contributed by atoms with Crippen LogP contribution < -0.4 is 5.32 Å². The SMILES string of the molecule is CCCCCN(CCCCC)C1CCC(Nc2ncc(Cl)c(-c3cnn(C)c3CC3CC3)n2)CC1. The highest BCUT2D eigenvalue weighted by Crippen LogP contribution is 2.37. The molecule has 0 spiro atoms. The van der Waals surface area contributed by atoms with Crippen LogP contribution in [0.1, 0.15) is 96.6 Å². The molecule has 7 heteroatoms. The molecule has 35 heavy (non-hydrogen) atoms. The average Bonchev–Trinajstić information content (AvgIpc) is 3.62. The van der Waals surface area contributed by atoms with Crippen LogP contribution in [0.15, 0.2) is 12.4 Å². The average molecular weight is 501 g/mol. The molecule has 2 aromatic rings. The van der Waals surface area contributed by atoms with E-state index in [2.05, 4.69) is 34.1 Å². The van der Waals surface area contributed by atoms with Gasteiger partial charge in [-0.2, -0.15) is 5.10 Å². The summed E-state index contributed by atoms with van der Waals surface area (Å²) in [6, 6.07) is 1.15. The summed E-state index contributed by atoms with van der Waals surface area (Å²) in [5.41, 5.74) is 3.08. The van der Waals surface area contributed by atoms with Crippen LogP contribution in [0.5, 0.6) is 0 Å². The van der Waals surface area contributed by atoms with Gasteiger partial charge >= 0.3 is 0 Å². The van der Waals surface area contributed by atoms with Crippen molar-refractivity contribution >= 4 is 17.5 Å². The van der Waals surface area contributed by atoms with Gasteiger partial charge in [0.05, 0.1) is 23.1 Å². The highest BCUT2D eigenvalue weighted by atomic mass is 35.5. The molecule has 1 N–H and O–H groups in total. The minimum absolute atomic E-state index is 0.424. The number of aromatic nitrogens is 4. The van der Waals surface area contributed by atoms with Crippen molar-refractivity contribution in [1.29, 1.82) is 0 Å². The fraction of sp³-hybridized carbons (Fsp3) is 0.750. The Bertz CT molecular complexity index is 906. The Morgan fingerprint density at radius 1 is 0.971 bits per heavy atom. The number of halogens is 1. The van der Waals surface area contributed by atoms with Gasteiger partial charge in [0.1, 0.15) is 0 Å². The molecule has 2 aromatic heterocycles. The Kier molecular flexibility index (Phi) is 9.84. The smallest absolute Gasteiger partial charge is 0.223 e. The minimum Gasteiger partial charge on any atom is -0.351 e. The number of unbranched alkanes of at least 4 members (excludes halogenated alkanes) is 4. The van der Waals surface area contributed by atoms with Crippen molar-refractivity contribution in [1.82, 2.24) is 24.6 Å². The number of anilines is 1. The largest absolute Gasteiger partial charge is 0.351 e. The van der Waals surface area contributed by atoms with Gasteiger partial charge in [-0.05, 0) is 76.8 Å². The first-order valence-electron chi connectivity index (χ1n) is 14.1. The molecule has 0 bridgehead atoms. The molecule has 2 fully saturated rings. The maximum Gasteiger partial charge on any atom is 0.223 e. The molecule has 0 atom stereocenters. The van der Waals surface area contributed by atoms with Crippen molar-refractivity contribution in [2.24, 2.45) is 13.0 Å². The molecule has 2 aliphatic rings. The van der Waals surface area contributed by atoms with E-state index < -0.39 is 0 Å². The maximum absolute atomic E-state index is 6.57. The molecule has 0 amide bonds. The highest BCUT2D eigenvalue weighted by molar-refractivity contribution is 6.32. The van der Waals surface area contributed by atoms with Gasteiger partial charge in [0.2, 0.25) is 5.95 Å². The quantitative estimate of drug-likeness (QED) is 0.286. The molecular weight excluding hydrogens is 456 g/mol. The zero-order chi connectivity index (χ0) is 24.6. The summed E-state index contributed by atoms with van der Waals surface area (Å²) in [6.45, 7) is 7.12. The van der Waals surface area contributed by atoms with Gasteiger partial charge in [-0.1, -0.05) is 51.1 Å². The monoisotopic (exact) mass is 500 g/mol. The summed E-state index contributed by atoms with van der Waals surface area (Å²) < 4.78 is 1.98. The Morgan fingerprint density at radius 3 is 2.29 bits per heavy atom. The molecular formula is C28H45ClN6. The molecule has 0 unspecified atom stereocenters. The third kappa shape index (κ3) is 7.42. The minimum atomic E-state index is 0.424. The zero-order valence-electron chi connectivity index (χ0n) is 22.1. The summed E-state index contributed by atoms with van der Waals surface area (Å²) in [4.78, 5) is 12.2. The molecule has 0 radical (unpaired) electrons. The second kappa shape index (κ2) is 13.0. The van der Waals surface area contributed by atoms with Gasteiger partial charge in [0.15, 0.2) is 0 Å². The summed E-state index contributed by atoms with van der Waals surface area (Å²) in [6.07, 6.45) is 20.1. The van der Waals surface area contributed by atoms with Crippen LogP contribution >= 0.6 is 11.6 Å². The van der Waals surface area contributed by atoms with Crippen molar-refractivity contribution in [3.05, 3.63) is 23.1 Å². The van der Waals surface area contributed by atoms with Gasteiger partial charge in [-0.25, -0.2) is 9.97 Å². The third-order valence-corrected chi connectivity index (χ3v) is 8.16. The first-order chi connectivity index (χ1) is 17.1. The van der Waals surface area contributed by atoms with Gasteiger partial charge < -0.3 is 10.2 Å². The Morgan fingerprint density at radius 2 is 1.66 bits per heavy atom. The molecule has 2 heterocycles. The molecule has 2 aliphatic carbocycles. The predicted molar refractivity (Wildman–Crippen MR) is 146 cm³/mol. The van der Waals surface area contributed by atoms with Crippen LogP contribution in [0, 0.1) is 5.92 Å². The van der Waals surface area contributed by atoms with Crippen molar-refractivity contribution in [3.8, 4) is 11.3 Å². The molecule has 0 saturated heterocycles. The van der Waals surface area contributed by atoms with Crippen LogP contribution in [0.3, 0.4) is 0 Å². The second-order valence-corrected chi connectivity index (χ2v) is 11.2. The Labute approximate surface area is 217 Å². The van der Waals surface area contributed by atoms with Crippen LogP contribution in [0.4, 0.5) is 5.95 Å². The summed E-state index contributed by atoms with van der Waals surface area (Å²) in [7, 11) is 2.02. The van der Waals surface area contributed by atoms with E-state index in [1.54, 1.807) is 6.20 Å². The maximum atomic E-state index is 6.57. The van der Waals surface area contributed by atoms with Crippen molar-refractivity contribution in [2.45, 2.75) is 109 Å². The van der Waals surface area contributed by atoms with Crippen molar-refractivity contribution in [3.63, 3.8) is 0 Å². The highest BCUT2D eigenvalue weighted by Gasteiger charge is 2.28. The number of nitrogens with one attached hydrogen (secondary N) is 1. The molecule has 0 aliphatic heterocycles. The van der Waals surface area contributed by atoms with E-state index in [9.17, 15) is 0 Å². The summed E-state index contributed by atoms with van der Waals surface area (Å²) in [5, 5.41) is 8.74. The van der Waals surface area contributed by atoms with Crippen LogP contribution in [0.25, 0.3) is 11.3 Å². The standard InChI is InChI=1S/C28H45ClN6/c1-4-6-8-16-35(17-9-7-5-2)23-14-12-22(13-15-23)32-28-30-20-25(29)27(33-28)24-19-31-34(3)26(24)18-21-10-11-21/h19-23H,4-18H2,1-3H3,(H,30,32,33). The van der Waals surface area contributed by atoms with Crippen molar-refractivity contribution in [2.75, 3.05) is 18.4 Å². The number of hydrogen-bond acceptors (Lipinski definition) is 5. The zero-order valence-corrected chi connectivity index (χ0v) is 22.9. The summed E-state index contributed by atoms with van der Waals surface area (Å²) >= 11 is 6.57. The lowest BCUT2D eigenvalue weighted by atomic mass is 9.89. The normalized spacial score (nSPS) is 20.5. The third-order valence-electron chi connectivity index (χ3n) is 7.88. The van der Waals surface area contributed by atoms with E-state index in [4.69, 9.17) is 16.6 Å². The molecule has 2 saturated carbocycles. The van der Waals surface area contributed by atoms with E-state index in [0.717, 1.165) is 29.6 Å². The first-order valence-corrected chi connectivity index (χ1v) is 14.5. The van der Waals surface area contributed by atoms with E-state index in [-0.39, 0.29) is 0 Å². The Hall–Kier alpha value is -1.66. The Balaban J connectivity index is 1.36. The number of hydrogen-bond donors (Lipinski definition) is 1. The van der Waals surface area contributed by atoms with Crippen LogP contribution in [-0.2, 0) is 13.5 Å². The molecule has 6 nitrogen and oxygen atoms in total. The fourth-order valence-electron chi connectivity index (χ4n) is 5.50. The number of rotatable bonds is 14. The lowest BCUT2D eigenvalue weighted by Gasteiger charge is -2.37. The second-order valence-electron chi connectivity index (χ2n) is 10.8. The van der Waals surface area contributed by atoms with Crippen LogP contribution in [0.2, 0.25) is 5.02 Å². The molecule has 0 aromatic carbocycles. The molecule has 194 valence electrons. The number of nitrogens with zero attached hydrogens (tertiary/aromatic N) is 5. The van der Waals surface area contributed by atoms with Gasteiger partial charge in [0.25, 0.3) is 0 Å². The van der Waals surface area contributed by atoms with E-state index in [0.29, 0.717) is 17.0 Å². The lowest BCUT2D eigenvalue weighted by Crippen LogP contribution is -2.41. The van der Waals surface area contributed by atoms with Gasteiger partial charge in [-0.3, -0.25) is 4.68 Å². The summed E-state index contributed by atoms with van der Waals surface area (Å²) in [5.74, 6) is 1.47. The van der Waals surface area contributed by atoms with E-state index in [1.807, 2.05) is 17.9 Å². The van der Waals surface area contributed by atoms with Crippen LogP contribution in [-0.4, -0.2) is 49.8 Å². The number of aryl methyl sites for hydroxylation is 1. The van der Waals surface area contributed by atoms with E-state index >= 15 is 0 Å². The first kappa shape index (κ1) is 26.4. The van der Waals surface area contributed by atoms with Gasteiger partial charge in [-0.15, -0.1) is 0 Å². The topological polar surface area (TPSA) is 58.9 Å². The lowest BCUT2D eigenvalue weighted by molar-refractivity contribution is 0.146. The molecule has 4 rings (SSSR count). The van der Waals surface area contributed by atoms with E-state index in [1.165, 1.54) is 95.8 Å². The van der Waals surface area contributed by atoms with Crippen molar-refractivity contribution < 1.29 is 0 Å². The fourth-order valence-corrected chi connectivity index (χ4v) is 5.69. The predicted octanol–water partition coefficient (Wildman–Crippen LogP) is 6.89. The van der Waals surface area contributed by atoms with Gasteiger partial charge in [0, 0.05) is 30.4 Å².